The quantitative estimate of drug-likeness (QED) is 0.209. The van der Waals surface area contributed by atoms with E-state index in [2.05, 4.69) is 10.6 Å². The molecule has 39 heavy (non-hydrogen) atoms. The van der Waals surface area contributed by atoms with Crippen LogP contribution in [-0.4, -0.2) is 76.1 Å². The van der Waals surface area contributed by atoms with Crippen LogP contribution in [0, 0.1) is 0 Å². The van der Waals surface area contributed by atoms with Crippen LogP contribution in [0.3, 0.4) is 0 Å². The number of nitrogens with one attached hydrogen (secondary N) is 2. The topological polar surface area (TPSA) is 188 Å². The third kappa shape index (κ3) is 8.52. The number of nitrogens with two attached hydrogens (primary N) is 2. The smallest absolute Gasteiger partial charge is 0.326 e. The van der Waals surface area contributed by atoms with E-state index in [1.165, 1.54) is 17.0 Å². The summed E-state index contributed by atoms with van der Waals surface area (Å²) in [5.74, 6) is -2.59. The van der Waals surface area contributed by atoms with Gasteiger partial charge in [0.1, 0.15) is 23.9 Å². The summed E-state index contributed by atoms with van der Waals surface area (Å²) in [6.45, 7) is 0.579. The molecule has 3 rings (SSSR count). The number of aliphatic carboxylic acids is 1. The van der Waals surface area contributed by atoms with Crippen molar-refractivity contribution in [2.24, 2.45) is 11.5 Å². The van der Waals surface area contributed by atoms with Crippen molar-refractivity contribution in [2.45, 2.75) is 62.7 Å². The highest BCUT2D eigenvalue weighted by atomic mass is 16.4. The van der Waals surface area contributed by atoms with Crippen molar-refractivity contribution in [3.8, 4) is 5.75 Å². The summed E-state index contributed by atoms with van der Waals surface area (Å²) in [6.07, 6.45) is 1.93. The van der Waals surface area contributed by atoms with Gasteiger partial charge in [0.2, 0.25) is 17.7 Å². The number of phenolic OH excluding ortho intramolecular Hbond substituents is 1. The van der Waals surface area contributed by atoms with Gasteiger partial charge in [-0.05, 0) is 61.9 Å². The van der Waals surface area contributed by atoms with Crippen LogP contribution in [0.4, 0.5) is 0 Å². The number of phenols is 1. The van der Waals surface area contributed by atoms with Crippen LogP contribution in [0.25, 0.3) is 0 Å². The zero-order valence-corrected chi connectivity index (χ0v) is 21.8. The van der Waals surface area contributed by atoms with Crippen molar-refractivity contribution in [3.05, 3.63) is 65.7 Å². The summed E-state index contributed by atoms with van der Waals surface area (Å²) >= 11 is 0. The molecule has 2 aromatic rings. The van der Waals surface area contributed by atoms with E-state index in [1.54, 1.807) is 12.1 Å². The van der Waals surface area contributed by atoms with Crippen LogP contribution < -0.4 is 22.1 Å². The predicted octanol–water partition coefficient (Wildman–Crippen LogP) is 0.289. The molecule has 1 aliphatic rings. The van der Waals surface area contributed by atoms with Crippen molar-refractivity contribution in [1.82, 2.24) is 15.5 Å². The van der Waals surface area contributed by atoms with Gasteiger partial charge in [-0.3, -0.25) is 14.4 Å². The first-order valence-corrected chi connectivity index (χ1v) is 13.1. The summed E-state index contributed by atoms with van der Waals surface area (Å²) in [5.41, 5.74) is 13.3. The number of hydrogen-bond donors (Lipinski definition) is 6. The molecule has 11 nitrogen and oxygen atoms in total. The van der Waals surface area contributed by atoms with Crippen LogP contribution in [0.15, 0.2) is 54.6 Å². The Morgan fingerprint density at radius 2 is 1.56 bits per heavy atom. The van der Waals surface area contributed by atoms with E-state index in [0.717, 1.165) is 11.1 Å². The molecular weight excluding hydrogens is 502 g/mol. The van der Waals surface area contributed by atoms with Crippen molar-refractivity contribution >= 4 is 23.7 Å². The average molecular weight is 540 g/mol. The number of carboxylic acid groups (broad SMARTS) is 1. The van der Waals surface area contributed by atoms with Gasteiger partial charge in [0.05, 0.1) is 6.04 Å². The fourth-order valence-corrected chi connectivity index (χ4v) is 4.66. The lowest BCUT2D eigenvalue weighted by Gasteiger charge is -2.29. The van der Waals surface area contributed by atoms with Crippen LogP contribution in [-0.2, 0) is 32.0 Å². The molecule has 0 aromatic heterocycles. The first kappa shape index (κ1) is 29.6. The van der Waals surface area contributed by atoms with Gasteiger partial charge in [-0.2, -0.15) is 0 Å². The summed E-state index contributed by atoms with van der Waals surface area (Å²) in [6, 6.07) is 11.5. The van der Waals surface area contributed by atoms with Gasteiger partial charge in [-0.15, -0.1) is 0 Å². The van der Waals surface area contributed by atoms with Gasteiger partial charge in [-0.25, -0.2) is 4.79 Å². The predicted molar refractivity (Wildman–Crippen MR) is 144 cm³/mol. The van der Waals surface area contributed by atoms with Gasteiger partial charge in [-0.1, -0.05) is 42.5 Å². The monoisotopic (exact) mass is 539 g/mol. The number of benzene rings is 2. The Bertz CT molecular complexity index is 1130. The number of carbonyl (C=O) groups excluding carboxylic acids is 3. The number of hydrogen-bond acceptors (Lipinski definition) is 7. The van der Waals surface area contributed by atoms with Crippen LogP contribution in [0.2, 0.25) is 0 Å². The van der Waals surface area contributed by atoms with Gasteiger partial charge in [0, 0.05) is 13.0 Å². The Balaban J connectivity index is 1.74. The molecule has 4 atom stereocenters. The Hall–Kier alpha value is -3.96. The third-order valence-corrected chi connectivity index (χ3v) is 6.78. The molecule has 1 aliphatic heterocycles. The Kier molecular flexibility index (Phi) is 10.8. The van der Waals surface area contributed by atoms with E-state index in [4.69, 9.17) is 11.5 Å². The number of aromatic hydroxyl groups is 1. The van der Waals surface area contributed by atoms with Crippen LogP contribution >= 0.6 is 0 Å². The zero-order valence-electron chi connectivity index (χ0n) is 21.8. The van der Waals surface area contributed by atoms with E-state index in [0.29, 0.717) is 25.8 Å². The summed E-state index contributed by atoms with van der Waals surface area (Å²) in [4.78, 5) is 52.8. The summed E-state index contributed by atoms with van der Waals surface area (Å²) in [5, 5.41) is 24.5. The summed E-state index contributed by atoms with van der Waals surface area (Å²) < 4.78 is 0. The minimum absolute atomic E-state index is 0.0958. The van der Waals surface area contributed by atoms with E-state index in [1.807, 2.05) is 30.3 Å². The largest absolute Gasteiger partial charge is 0.508 e. The van der Waals surface area contributed by atoms with Crippen molar-refractivity contribution in [2.75, 3.05) is 13.1 Å². The van der Waals surface area contributed by atoms with Crippen LogP contribution in [0.1, 0.15) is 36.8 Å². The number of nitrogens with zero attached hydrogens (tertiary/aromatic N) is 1. The second kappa shape index (κ2) is 14.3. The second-order valence-electron chi connectivity index (χ2n) is 9.75. The second-order valence-corrected chi connectivity index (χ2v) is 9.75. The van der Waals surface area contributed by atoms with Crippen molar-refractivity contribution in [1.29, 1.82) is 0 Å². The lowest BCUT2D eigenvalue weighted by Crippen LogP contribution is -2.57. The van der Waals surface area contributed by atoms with Crippen molar-refractivity contribution < 1.29 is 29.4 Å². The molecule has 0 radical (unpaired) electrons. The zero-order chi connectivity index (χ0) is 28.4. The molecule has 0 aliphatic carbocycles. The van der Waals surface area contributed by atoms with Crippen LogP contribution in [0.5, 0.6) is 5.75 Å². The normalized spacial score (nSPS) is 17.2. The van der Waals surface area contributed by atoms with Gasteiger partial charge in [0.25, 0.3) is 0 Å². The highest BCUT2D eigenvalue weighted by molar-refractivity contribution is 5.94. The highest BCUT2D eigenvalue weighted by Crippen LogP contribution is 2.20. The summed E-state index contributed by atoms with van der Waals surface area (Å²) in [7, 11) is 0. The number of carbonyl (C=O) groups is 4. The van der Waals surface area contributed by atoms with Gasteiger partial charge in [0.15, 0.2) is 0 Å². The fraction of sp³-hybridized carbons (Fsp3) is 0.429. The third-order valence-electron chi connectivity index (χ3n) is 6.78. The Labute approximate surface area is 227 Å². The number of carboxylic acids is 1. The lowest BCUT2D eigenvalue weighted by atomic mass is 10.0. The molecule has 2 aromatic carbocycles. The van der Waals surface area contributed by atoms with Gasteiger partial charge < -0.3 is 37.2 Å². The molecule has 8 N–H and O–H groups in total. The van der Waals surface area contributed by atoms with Gasteiger partial charge >= 0.3 is 5.97 Å². The number of likely N-dealkylation sites (tertiary alicyclic amines) is 1. The minimum atomic E-state index is -1.08. The molecule has 0 unspecified atom stereocenters. The maximum Gasteiger partial charge on any atom is 0.326 e. The molecular formula is C28H37N5O6. The number of rotatable bonds is 13. The van der Waals surface area contributed by atoms with E-state index >= 15 is 0 Å². The molecule has 1 fully saturated rings. The first-order valence-electron chi connectivity index (χ1n) is 13.1. The Morgan fingerprint density at radius 3 is 2.21 bits per heavy atom. The van der Waals surface area contributed by atoms with E-state index < -0.39 is 47.9 Å². The maximum absolute atomic E-state index is 13.5. The highest BCUT2D eigenvalue weighted by Gasteiger charge is 2.38. The van der Waals surface area contributed by atoms with Crippen molar-refractivity contribution in [3.63, 3.8) is 0 Å². The molecule has 1 heterocycles. The molecule has 0 bridgehead atoms. The minimum Gasteiger partial charge on any atom is -0.508 e. The molecule has 3 amide bonds. The SMILES string of the molecule is NCCC[C@@H](NC(=O)[C@@H](N)Cc1ccc(O)cc1)C(=O)N[C@@H](Cc1ccccc1)C(=O)N1CCC[C@@H]1C(=O)O. The standard InChI is InChI=1S/C28H37N5O6/c29-14-4-8-22(31-25(35)21(30)16-19-10-12-20(34)13-11-19)26(36)32-23(17-18-6-2-1-3-7-18)27(37)33-15-5-9-24(33)28(38)39/h1-3,6-7,10-13,21-24,34H,4-5,8-9,14-17,29-30H2,(H,31,35)(H,32,36)(H,38,39)/t21-,22+,23-,24+/m0/s1. The molecule has 210 valence electrons. The van der Waals surface area contributed by atoms with E-state index in [9.17, 15) is 29.4 Å². The maximum atomic E-state index is 13.5. The molecule has 0 spiro atoms. The average Bonchev–Trinajstić information content (AvgIpc) is 3.42. The molecule has 1 saturated heterocycles. The molecule has 0 saturated carbocycles. The number of amides is 3. The first-order chi connectivity index (χ1) is 18.7. The lowest BCUT2D eigenvalue weighted by molar-refractivity contribution is -0.149. The Morgan fingerprint density at radius 1 is 0.923 bits per heavy atom. The fourth-order valence-electron chi connectivity index (χ4n) is 4.66. The molecule has 11 heteroatoms. The van der Waals surface area contributed by atoms with E-state index in [-0.39, 0.29) is 31.6 Å².